The predicted molar refractivity (Wildman–Crippen MR) is 68.0 cm³/mol. The zero-order valence-corrected chi connectivity index (χ0v) is 10.9. The summed E-state index contributed by atoms with van der Waals surface area (Å²) in [7, 11) is 0. The Hall–Kier alpha value is -0.120. The van der Waals surface area contributed by atoms with Crippen molar-refractivity contribution in [2.75, 3.05) is 19.6 Å². The number of nitrogens with zero attached hydrogens (tertiary/aromatic N) is 1. The highest BCUT2D eigenvalue weighted by Crippen LogP contribution is 2.43. The molecule has 3 N–H and O–H groups in total. The SMILES string of the molecule is CC1(C)CCC(CN)(NN2CCCCC2)C1. The summed E-state index contributed by atoms with van der Waals surface area (Å²) in [6.45, 7) is 7.89. The zero-order chi connectivity index (χ0) is 11.6. The minimum Gasteiger partial charge on any atom is -0.329 e. The van der Waals surface area contributed by atoms with Crippen LogP contribution in [0, 0.1) is 5.41 Å². The van der Waals surface area contributed by atoms with E-state index in [-0.39, 0.29) is 5.54 Å². The van der Waals surface area contributed by atoms with Gasteiger partial charge in [-0.05, 0) is 37.5 Å². The standard InChI is InChI=1S/C13H27N3/c1-12(2)6-7-13(10-12,11-14)15-16-8-4-3-5-9-16/h15H,3-11,14H2,1-2H3. The minimum absolute atomic E-state index is 0.181. The first-order chi connectivity index (χ1) is 7.55. The summed E-state index contributed by atoms with van der Waals surface area (Å²) >= 11 is 0. The van der Waals surface area contributed by atoms with Crippen molar-refractivity contribution >= 4 is 0 Å². The highest BCUT2D eigenvalue weighted by atomic mass is 15.5. The lowest BCUT2D eigenvalue weighted by molar-refractivity contribution is 0.0802. The van der Waals surface area contributed by atoms with E-state index in [1.54, 1.807) is 0 Å². The van der Waals surface area contributed by atoms with Crippen molar-refractivity contribution in [2.24, 2.45) is 11.1 Å². The fraction of sp³-hybridized carbons (Fsp3) is 1.00. The minimum atomic E-state index is 0.181. The van der Waals surface area contributed by atoms with E-state index >= 15 is 0 Å². The molecule has 1 unspecified atom stereocenters. The second kappa shape index (κ2) is 4.63. The normalized spacial score (nSPS) is 35.4. The van der Waals surface area contributed by atoms with Gasteiger partial charge in [-0.25, -0.2) is 10.4 Å². The third kappa shape index (κ3) is 2.76. The van der Waals surface area contributed by atoms with E-state index in [1.807, 2.05) is 0 Å². The second-order valence-electron chi connectivity index (χ2n) is 6.48. The van der Waals surface area contributed by atoms with Gasteiger partial charge in [0.05, 0.1) is 0 Å². The van der Waals surface area contributed by atoms with E-state index in [0.717, 1.165) is 6.54 Å². The molecule has 3 nitrogen and oxygen atoms in total. The molecule has 3 heteroatoms. The number of nitrogens with one attached hydrogen (secondary N) is 1. The molecular formula is C13H27N3. The van der Waals surface area contributed by atoms with Crippen molar-refractivity contribution in [1.29, 1.82) is 0 Å². The Bertz CT molecular complexity index is 233. The van der Waals surface area contributed by atoms with Crippen LogP contribution in [0.1, 0.15) is 52.4 Å². The van der Waals surface area contributed by atoms with Crippen molar-refractivity contribution in [3.05, 3.63) is 0 Å². The van der Waals surface area contributed by atoms with Gasteiger partial charge in [0.2, 0.25) is 0 Å². The summed E-state index contributed by atoms with van der Waals surface area (Å²) in [4.78, 5) is 0. The third-order valence-corrected chi connectivity index (χ3v) is 4.24. The van der Waals surface area contributed by atoms with Crippen molar-refractivity contribution < 1.29 is 0 Å². The Morgan fingerprint density at radius 3 is 2.31 bits per heavy atom. The van der Waals surface area contributed by atoms with Gasteiger partial charge in [-0.2, -0.15) is 0 Å². The molecule has 0 aromatic heterocycles. The third-order valence-electron chi connectivity index (χ3n) is 4.24. The molecule has 1 saturated heterocycles. The van der Waals surface area contributed by atoms with Gasteiger partial charge in [0.25, 0.3) is 0 Å². The topological polar surface area (TPSA) is 41.3 Å². The number of hydrazine groups is 1. The smallest absolute Gasteiger partial charge is 0.0453 e. The van der Waals surface area contributed by atoms with E-state index in [9.17, 15) is 0 Å². The Morgan fingerprint density at radius 2 is 1.81 bits per heavy atom. The van der Waals surface area contributed by atoms with Gasteiger partial charge in [0.15, 0.2) is 0 Å². The maximum absolute atomic E-state index is 6.02. The van der Waals surface area contributed by atoms with E-state index in [1.165, 1.54) is 51.6 Å². The molecule has 1 heterocycles. The van der Waals surface area contributed by atoms with Crippen LogP contribution in [0.4, 0.5) is 0 Å². The summed E-state index contributed by atoms with van der Waals surface area (Å²) in [5.74, 6) is 0. The van der Waals surface area contributed by atoms with Gasteiger partial charge in [0, 0.05) is 25.2 Å². The maximum atomic E-state index is 6.02. The first-order valence-corrected chi connectivity index (χ1v) is 6.78. The van der Waals surface area contributed by atoms with Crippen molar-refractivity contribution in [1.82, 2.24) is 10.4 Å². The zero-order valence-electron chi connectivity index (χ0n) is 10.9. The molecule has 0 spiro atoms. The van der Waals surface area contributed by atoms with Gasteiger partial charge in [0.1, 0.15) is 0 Å². The molecule has 2 aliphatic rings. The average molecular weight is 225 g/mol. The van der Waals surface area contributed by atoms with Gasteiger partial charge in [-0.3, -0.25) is 0 Å². The van der Waals surface area contributed by atoms with E-state index in [2.05, 4.69) is 24.3 Å². The van der Waals surface area contributed by atoms with E-state index < -0.39 is 0 Å². The van der Waals surface area contributed by atoms with Crippen molar-refractivity contribution in [2.45, 2.75) is 57.9 Å². The Morgan fingerprint density at radius 1 is 1.12 bits per heavy atom. The van der Waals surface area contributed by atoms with Crippen LogP contribution in [0.3, 0.4) is 0 Å². The van der Waals surface area contributed by atoms with E-state index in [4.69, 9.17) is 5.73 Å². The van der Waals surface area contributed by atoms with Crippen LogP contribution >= 0.6 is 0 Å². The van der Waals surface area contributed by atoms with Crippen LogP contribution in [0.2, 0.25) is 0 Å². The van der Waals surface area contributed by atoms with Crippen LogP contribution in [0.5, 0.6) is 0 Å². The number of nitrogens with two attached hydrogens (primary N) is 1. The quantitative estimate of drug-likeness (QED) is 0.770. The molecule has 1 aliphatic carbocycles. The summed E-state index contributed by atoms with van der Waals surface area (Å²) in [5.41, 5.74) is 10.4. The number of piperidine rings is 1. The molecule has 0 aromatic carbocycles. The fourth-order valence-electron chi connectivity index (χ4n) is 3.33. The molecule has 94 valence electrons. The highest BCUT2D eigenvalue weighted by molar-refractivity contribution is 5.00. The molecule has 2 fully saturated rings. The largest absolute Gasteiger partial charge is 0.329 e. The van der Waals surface area contributed by atoms with Crippen LogP contribution in [-0.2, 0) is 0 Å². The van der Waals surface area contributed by atoms with Gasteiger partial charge in [-0.15, -0.1) is 0 Å². The molecule has 16 heavy (non-hydrogen) atoms. The van der Waals surface area contributed by atoms with Gasteiger partial charge >= 0.3 is 0 Å². The van der Waals surface area contributed by atoms with Crippen LogP contribution < -0.4 is 11.2 Å². The Balaban J connectivity index is 1.94. The number of hydrogen-bond donors (Lipinski definition) is 2. The second-order valence-corrected chi connectivity index (χ2v) is 6.48. The molecule has 0 radical (unpaired) electrons. The molecule has 1 atom stereocenters. The fourth-order valence-corrected chi connectivity index (χ4v) is 3.33. The van der Waals surface area contributed by atoms with Crippen LogP contribution in [-0.4, -0.2) is 30.2 Å². The van der Waals surface area contributed by atoms with Crippen LogP contribution in [0.15, 0.2) is 0 Å². The summed E-state index contributed by atoms with van der Waals surface area (Å²) in [5, 5.41) is 2.41. The number of rotatable bonds is 3. The monoisotopic (exact) mass is 225 g/mol. The summed E-state index contributed by atoms with van der Waals surface area (Å²) in [6.07, 6.45) is 7.79. The lowest BCUT2D eigenvalue weighted by Crippen LogP contribution is -2.58. The summed E-state index contributed by atoms with van der Waals surface area (Å²) in [6, 6.07) is 0. The Labute approximate surface area is 99.7 Å². The molecule has 1 saturated carbocycles. The first-order valence-electron chi connectivity index (χ1n) is 6.78. The predicted octanol–water partition coefficient (Wildman–Crippen LogP) is 1.88. The molecule has 0 amide bonds. The van der Waals surface area contributed by atoms with Gasteiger partial charge < -0.3 is 5.73 Å². The lowest BCUT2D eigenvalue weighted by Gasteiger charge is -2.38. The highest BCUT2D eigenvalue weighted by Gasteiger charge is 2.43. The maximum Gasteiger partial charge on any atom is 0.0453 e. The molecular weight excluding hydrogens is 198 g/mol. The number of hydrogen-bond acceptors (Lipinski definition) is 3. The van der Waals surface area contributed by atoms with Crippen LogP contribution in [0.25, 0.3) is 0 Å². The Kier molecular flexibility index (Phi) is 3.57. The average Bonchev–Trinajstić information content (AvgIpc) is 2.57. The van der Waals surface area contributed by atoms with E-state index in [0.29, 0.717) is 5.41 Å². The first kappa shape index (κ1) is 12.3. The summed E-state index contributed by atoms with van der Waals surface area (Å²) < 4.78 is 0. The molecule has 1 aliphatic heterocycles. The van der Waals surface area contributed by atoms with Crippen molar-refractivity contribution in [3.63, 3.8) is 0 Å². The van der Waals surface area contributed by atoms with Crippen molar-refractivity contribution in [3.8, 4) is 0 Å². The lowest BCUT2D eigenvalue weighted by atomic mass is 9.88. The molecule has 0 aromatic rings. The molecule has 2 rings (SSSR count). The molecule has 0 bridgehead atoms. The van der Waals surface area contributed by atoms with Gasteiger partial charge in [-0.1, -0.05) is 20.3 Å².